The van der Waals surface area contributed by atoms with Crippen molar-refractivity contribution in [3.05, 3.63) is 24.3 Å². The smallest absolute Gasteiger partial charge is 0.253 e. The van der Waals surface area contributed by atoms with Crippen LogP contribution in [0.5, 0.6) is 0 Å². The molecule has 0 radical (unpaired) electrons. The normalized spacial score (nSPS) is 28.6. The van der Waals surface area contributed by atoms with Crippen LogP contribution < -0.4 is 15.5 Å². The molecule has 3 heterocycles. The van der Waals surface area contributed by atoms with Gasteiger partial charge in [0, 0.05) is 30.5 Å². The quantitative estimate of drug-likeness (QED) is 0.814. The molecule has 4 rings (SSSR count). The zero-order chi connectivity index (χ0) is 16.0. The highest BCUT2D eigenvalue weighted by atomic mass is 16.5. The lowest BCUT2D eigenvalue weighted by Crippen LogP contribution is -2.42. The number of carbonyl (C=O) groups excluding carboxylic acids is 2. The highest BCUT2D eigenvalue weighted by Gasteiger charge is 2.46. The molecule has 3 aliphatic rings. The second-order valence-corrected chi connectivity index (χ2v) is 6.23. The van der Waals surface area contributed by atoms with E-state index in [2.05, 4.69) is 4.90 Å². The van der Waals surface area contributed by atoms with Crippen LogP contribution >= 0.6 is 0 Å². The Labute approximate surface area is 134 Å². The van der Waals surface area contributed by atoms with Crippen molar-refractivity contribution in [3.63, 3.8) is 0 Å². The number of amides is 2. The first-order valence-electron chi connectivity index (χ1n) is 7.94. The van der Waals surface area contributed by atoms with Crippen molar-refractivity contribution in [1.29, 1.82) is 0 Å². The van der Waals surface area contributed by atoms with Crippen molar-refractivity contribution < 1.29 is 14.3 Å². The monoisotopic (exact) mass is 316 g/mol. The molecule has 1 aromatic carbocycles. The first kappa shape index (κ1) is 14.6. The van der Waals surface area contributed by atoms with Gasteiger partial charge in [0.25, 0.3) is 5.91 Å². The number of benzene rings is 1. The minimum absolute atomic E-state index is 0.0344. The van der Waals surface area contributed by atoms with Gasteiger partial charge in [-0.05, 0) is 30.7 Å². The molecule has 3 aliphatic heterocycles. The highest BCUT2D eigenvalue weighted by Crippen LogP contribution is 2.30. The Morgan fingerprint density at radius 2 is 1.74 bits per heavy atom. The molecule has 122 valence electrons. The second-order valence-electron chi connectivity index (χ2n) is 6.23. The van der Waals surface area contributed by atoms with Crippen LogP contribution in [-0.4, -0.2) is 61.8 Å². The van der Waals surface area contributed by atoms with Crippen molar-refractivity contribution in [2.45, 2.75) is 18.5 Å². The van der Waals surface area contributed by atoms with Gasteiger partial charge in [-0.1, -0.05) is 0 Å². The Balaban J connectivity index is 1.53. The molecule has 7 heteroatoms. The van der Waals surface area contributed by atoms with E-state index in [1.807, 2.05) is 24.3 Å². The molecule has 0 aromatic heterocycles. The summed E-state index contributed by atoms with van der Waals surface area (Å²) < 4.78 is 5.14. The number of nitrogens with two attached hydrogens (primary N) is 1. The molecule has 3 saturated heterocycles. The van der Waals surface area contributed by atoms with Crippen LogP contribution in [0.15, 0.2) is 24.3 Å². The fourth-order valence-corrected chi connectivity index (χ4v) is 3.60. The zero-order valence-electron chi connectivity index (χ0n) is 12.9. The van der Waals surface area contributed by atoms with Gasteiger partial charge >= 0.3 is 0 Å². The molecule has 23 heavy (non-hydrogen) atoms. The summed E-state index contributed by atoms with van der Waals surface area (Å²) in [7, 11) is 0. The lowest BCUT2D eigenvalue weighted by atomic mass is 10.1. The van der Waals surface area contributed by atoms with Crippen molar-refractivity contribution >= 4 is 23.2 Å². The maximum absolute atomic E-state index is 12.6. The van der Waals surface area contributed by atoms with Crippen molar-refractivity contribution in [2.24, 2.45) is 5.73 Å². The van der Waals surface area contributed by atoms with E-state index in [1.54, 1.807) is 9.80 Å². The molecule has 2 N–H and O–H groups in total. The average Bonchev–Trinajstić information content (AvgIpc) is 3.09. The van der Waals surface area contributed by atoms with Gasteiger partial charge < -0.3 is 15.4 Å². The Kier molecular flexibility index (Phi) is 3.56. The standard InChI is InChI=1S/C16H20N4O3/c17-13-5-6-18-10-20(16(22)15(13)18)12-3-1-11(2-4-12)19-7-8-23-9-14(19)21/h1-4,13,15H,5-10,17H2/t13-,15+/m1/s1. The summed E-state index contributed by atoms with van der Waals surface area (Å²) in [5.74, 6) is 0.0399. The van der Waals surface area contributed by atoms with Gasteiger partial charge in [-0.15, -0.1) is 0 Å². The number of ether oxygens (including phenoxy) is 1. The van der Waals surface area contributed by atoms with Gasteiger partial charge in [-0.2, -0.15) is 0 Å². The van der Waals surface area contributed by atoms with E-state index < -0.39 is 0 Å². The summed E-state index contributed by atoms with van der Waals surface area (Å²) >= 11 is 0. The largest absolute Gasteiger partial charge is 0.370 e. The number of fused-ring (bicyclic) bond motifs is 1. The van der Waals surface area contributed by atoms with Crippen molar-refractivity contribution in [2.75, 3.05) is 42.8 Å². The molecule has 1 aromatic rings. The molecule has 0 bridgehead atoms. The topological polar surface area (TPSA) is 79.1 Å². The molecular formula is C16H20N4O3. The summed E-state index contributed by atoms with van der Waals surface area (Å²) in [6.07, 6.45) is 0.877. The summed E-state index contributed by atoms with van der Waals surface area (Å²) in [5.41, 5.74) is 7.73. The third-order valence-corrected chi connectivity index (χ3v) is 4.85. The maximum Gasteiger partial charge on any atom is 0.253 e. The van der Waals surface area contributed by atoms with Gasteiger partial charge in [0.2, 0.25) is 5.91 Å². The fourth-order valence-electron chi connectivity index (χ4n) is 3.60. The van der Waals surface area contributed by atoms with Crippen LogP contribution in [0.4, 0.5) is 11.4 Å². The Hall–Kier alpha value is -1.96. The lowest BCUT2D eigenvalue weighted by molar-refractivity contribution is -0.125. The third-order valence-electron chi connectivity index (χ3n) is 4.85. The average molecular weight is 316 g/mol. The lowest BCUT2D eigenvalue weighted by Gasteiger charge is -2.27. The van der Waals surface area contributed by atoms with Crippen LogP contribution in [0.3, 0.4) is 0 Å². The second kappa shape index (κ2) is 5.59. The third kappa shape index (κ3) is 2.41. The van der Waals surface area contributed by atoms with E-state index in [4.69, 9.17) is 10.5 Å². The molecule has 3 fully saturated rings. The van der Waals surface area contributed by atoms with E-state index in [-0.39, 0.29) is 30.5 Å². The van der Waals surface area contributed by atoms with Crippen LogP contribution in [-0.2, 0) is 14.3 Å². The van der Waals surface area contributed by atoms with E-state index >= 15 is 0 Å². The number of morpholine rings is 1. The predicted octanol–water partition coefficient (Wildman–Crippen LogP) is -0.245. The summed E-state index contributed by atoms with van der Waals surface area (Å²) in [4.78, 5) is 30.1. The fraction of sp³-hybridized carbons (Fsp3) is 0.500. The number of hydrogen-bond acceptors (Lipinski definition) is 5. The summed E-state index contributed by atoms with van der Waals surface area (Å²) in [6, 6.07) is 7.30. The molecule has 2 atom stereocenters. The van der Waals surface area contributed by atoms with Crippen LogP contribution in [0.1, 0.15) is 6.42 Å². The Bertz CT molecular complexity index is 633. The summed E-state index contributed by atoms with van der Waals surface area (Å²) in [5, 5.41) is 0. The molecule has 0 aliphatic carbocycles. The first-order chi connectivity index (χ1) is 11.1. The Morgan fingerprint density at radius 1 is 1.04 bits per heavy atom. The first-order valence-corrected chi connectivity index (χ1v) is 7.94. The van der Waals surface area contributed by atoms with Crippen molar-refractivity contribution in [3.8, 4) is 0 Å². The van der Waals surface area contributed by atoms with Gasteiger partial charge in [0.05, 0.1) is 13.3 Å². The summed E-state index contributed by atoms with van der Waals surface area (Å²) in [6.45, 7) is 2.69. The predicted molar refractivity (Wildman–Crippen MR) is 85.1 cm³/mol. The van der Waals surface area contributed by atoms with E-state index in [1.165, 1.54) is 0 Å². The van der Waals surface area contributed by atoms with Crippen molar-refractivity contribution in [1.82, 2.24) is 4.90 Å². The number of carbonyl (C=O) groups is 2. The highest BCUT2D eigenvalue weighted by molar-refractivity contribution is 6.00. The maximum atomic E-state index is 12.6. The van der Waals surface area contributed by atoms with Gasteiger partial charge in [0.15, 0.2) is 0 Å². The zero-order valence-corrected chi connectivity index (χ0v) is 12.9. The SMILES string of the molecule is N[C@@H]1CCN2CN(c3ccc(N4CCOCC4=O)cc3)C(=O)[C@H]12. The van der Waals surface area contributed by atoms with Gasteiger partial charge in [0.1, 0.15) is 12.6 Å². The number of hydrogen-bond donors (Lipinski definition) is 1. The molecule has 0 saturated carbocycles. The molecular weight excluding hydrogens is 296 g/mol. The minimum Gasteiger partial charge on any atom is -0.370 e. The molecule has 2 amide bonds. The number of nitrogens with zero attached hydrogens (tertiary/aromatic N) is 3. The van der Waals surface area contributed by atoms with E-state index in [9.17, 15) is 9.59 Å². The van der Waals surface area contributed by atoms with E-state index in [0.29, 0.717) is 19.8 Å². The Morgan fingerprint density at radius 3 is 2.39 bits per heavy atom. The minimum atomic E-state index is -0.185. The molecule has 7 nitrogen and oxygen atoms in total. The van der Waals surface area contributed by atoms with Crippen LogP contribution in [0.25, 0.3) is 0 Å². The van der Waals surface area contributed by atoms with Crippen LogP contribution in [0.2, 0.25) is 0 Å². The number of anilines is 2. The molecule has 0 unspecified atom stereocenters. The number of rotatable bonds is 2. The van der Waals surface area contributed by atoms with E-state index in [0.717, 1.165) is 24.3 Å². The molecule has 0 spiro atoms. The van der Waals surface area contributed by atoms with Gasteiger partial charge in [-0.25, -0.2) is 0 Å². The van der Waals surface area contributed by atoms with Gasteiger partial charge in [-0.3, -0.25) is 19.4 Å². The van der Waals surface area contributed by atoms with Crippen LogP contribution in [0, 0.1) is 0 Å².